The Kier molecular flexibility index (Phi) is 2.69. The Morgan fingerprint density at radius 3 is 2.57 bits per heavy atom. The predicted molar refractivity (Wildman–Crippen MR) is 22.6 cm³/mol. The molecule has 0 saturated carbocycles. The number of rotatable bonds is 2. The first-order valence-corrected chi connectivity index (χ1v) is 1.88. The minimum absolute atomic E-state index is 0.0660. The van der Waals surface area contributed by atoms with E-state index >= 15 is 0 Å². The molecule has 0 saturated heterocycles. The highest BCUT2D eigenvalue weighted by molar-refractivity contribution is 5.67. The van der Waals surface area contributed by atoms with E-state index in [1.165, 1.54) is 0 Å². The van der Waals surface area contributed by atoms with Crippen LogP contribution in [0.3, 0.4) is 0 Å². The van der Waals surface area contributed by atoms with E-state index in [1.807, 2.05) is 0 Å². The molecule has 0 fully saturated rings. The highest BCUT2D eigenvalue weighted by Crippen LogP contribution is 1.80. The average Bonchev–Trinajstić information content (AvgIpc) is 1.61. The van der Waals surface area contributed by atoms with Crippen LogP contribution in [0.5, 0.6) is 0 Å². The summed E-state index contributed by atoms with van der Waals surface area (Å²) in [6.45, 7) is 0. The van der Waals surface area contributed by atoms with Gasteiger partial charge in [-0.3, -0.25) is 0 Å². The first kappa shape index (κ1) is 5.96. The van der Waals surface area contributed by atoms with Crippen molar-refractivity contribution in [2.24, 2.45) is 0 Å². The highest BCUT2D eigenvalue weighted by atomic mass is 16.3. The van der Waals surface area contributed by atoms with E-state index in [0.717, 1.165) is 0 Å². The van der Waals surface area contributed by atoms with Gasteiger partial charge >= 0.3 is 0 Å². The van der Waals surface area contributed by atoms with Gasteiger partial charge in [0.25, 0.3) is 0 Å². The fourth-order valence-corrected chi connectivity index (χ4v) is 0.169. The monoisotopic (exact) mass is 97.0 g/mol. The van der Waals surface area contributed by atoms with Crippen molar-refractivity contribution in [2.45, 2.75) is 12.8 Å². The lowest BCUT2D eigenvalue weighted by Gasteiger charge is -1.99. The summed E-state index contributed by atoms with van der Waals surface area (Å²) >= 11 is 0. The van der Waals surface area contributed by atoms with Crippen molar-refractivity contribution < 1.29 is 5.11 Å². The lowest BCUT2D eigenvalue weighted by molar-refractivity contribution is -0.220. The first-order chi connectivity index (χ1) is 3.27. The normalized spacial score (nSPS) is 7.29. The van der Waals surface area contributed by atoms with Crippen molar-refractivity contribution in [1.29, 1.82) is 10.7 Å². The van der Waals surface area contributed by atoms with Crippen LogP contribution in [0.25, 0.3) is 0 Å². The van der Waals surface area contributed by atoms with Crippen molar-refractivity contribution in [3.8, 4) is 6.07 Å². The molecule has 3 heteroatoms. The first-order valence-electron chi connectivity index (χ1n) is 1.88. The molecule has 0 heterocycles. The van der Waals surface area contributed by atoms with Crippen LogP contribution in [0, 0.1) is 16.7 Å². The van der Waals surface area contributed by atoms with Crippen LogP contribution in [0.15, 0.2) is 0 Å². The Labute approximate surface area is 41.7 Å². The quantitative estimate of drug-likeness (QED) is 0.377. The van der Waals surface area contributed by atoms with Crippen molar-refractivity contribution >= 4 is 5.90 Å². The minimum Gasteiger partial charge on any atom is -0.862 e. The van der Waals surface area contributed by atoms with Crippen molar-refractivity contribution in [2.75, 3.05) is 0 Å². The summed E-state index contributed by atoms with van der Waals surface area (Å²) < 4.78 is 0. The molecular formula is C4H5N2O-. The third-order valence-corrected chi connectivity index (χ3v) is 0.464. The molecule has 0 aliphatic heterocycles. The van der Waals surface area contributed by atoms with Gasteiger partial charge in [-0.2, -0.15) is 5.26 Å². The van der Waals surface area contributed by atoms with Crippen LogP contribution in [0.2, 0.25) is 0 Å². The predicted octanol–water partition coefficient (Wildman–Crippen LogP) is -0.372. The maximum Gasteiger partial charge on any atom is 0.0625 e. The Morgan fingerprint density at radius 1 is 1.86 bits per heavy atom. The van der Waals surface area contributed by atoms with Gasteiger partial charge in [-0.25, -0.2) is 0 Å². The molecule has 1 N–H and O–H groups in total. The molecule has 0 radical (unpaired) electrons. The Morgan fingerprint density at radius 2 is 2.43 bits per heavy atom. The molecule has 0 spiro atoms. The topological polar surface area (TPSA) is 70.7 Å². The second-order valence-electron chi connectivity index (χ2n) is 1.08. The Balaban J connectivity index is 3.02. The van der Waals surface area contributed by atoms with Gasteiger partial charge in [0.2, 0.25) is 0 Å². The molecule has 0 rings (SSSR count). The smallest absolute Gasteiger partial charge is 0.0625 e. The standard InChI is InChI=1S/C4H6N2O/c5-3-1-2-4(6)7/h1-2H2,(H2,6,7)/p-1. The van der Waals surface area contributed by atoms with Gasteiger partial charge in [-0.1, -0.05) is 0 Å². The molecule has 7 heavy (non-hydrogen) atoms. The molecule has 0 aromatic rings. The summed E-state index contributed by atoms with van der Waals surface area (Å²) in [4.78, 5) is 0. The molecule has 0 aromatic carbocycles. The summed E-state index contributed by atoms with van der Waals surface area (Å²) in [6, 6.07) is 1.76. The SMILES string of the molecule is N#CCCC(=N)[O-]. The number of nitrogens with one attached hydrogen (secondary N) is 1. The summed E-state index contributed by atoms with van der Waals surface area (Å²) in [5.74, 6) is -0.665. The van der Waals surface area contributed by atoms with Gasteiger partial charge in [-0.05, 0) is 12.3 Å². The molecule has 0 amide bonds. The van der Waals surface area contributed by atoms with E-state index in [-0.39, 0.29) is 12.8 Å². The molecule has 0 aliphatic rings. The van der Waals surface area contributed by atoms with E-state index in [2.05, 4.69) is 0 Å². The average molecular weight is 97.1 g/mol. The minimum atomic E-state index is -0.665. The van der Waals surface area contributed by atoms with E-state index in [9.17, 15) is 5.11 Å². The lowest BCUT2D eigenvalue weighted by atomic mass is 10.3. The molecule has 0 unspecified atom stereocenters. The van der Waals surface area contributed by atoms with Crippen molar-refractivity contribution in [1.82, 2.24) is 0 Å². The highest BCUT2D eigenvalue weighted by Gasteiger charge is 1.77. The lowest BCUT2D eigenvalue weighted by Crippen LogP contribution is -2.14. The van der Waals surface area contributed by atoms with Crippen molar-refractivity contribution in [3.05, 3.63) is 0 Å². The van der Waals surface area contributed by atoms with Crippen LogP contribution < -0.4 is 5.11 Å². The third kappa shape index (κ3) is 4.96. The van der Waals surface area contributed by atoms with Crippen LogP contribution in [-0.2, 0) is 0 Å². The van der Waals surface area contributed by atoms with Crippen LogP contribution in [0.4, 0.5) is 0 Å². The van der Waals surface area contributed by atoms with Gasteiger partial charge in [0.1, 0.15) is 0 Å². The molecule has 0 atom stereocenters. The zero-order valence-electron chi connectivity index (χ0n) is 3.77. The van der Waals surface area contributed by atoms with Gasteiger partial charge in [-0.15, -0.1) is 0 Å². The van der Waals surface area contributed by atoms with E-state index in [1.54, 1.807) is 6.07 Å². The second kappa shape index (κ2) is 3.16. The molecule has 0 aromatic heterocycles. The van der Waals surface area contributed by atoms with E-state index in [0.29, 0.717) is 0 Å². The molecule has 3 nitrogen and oxygen atoms in total. The summed E-state index contributed by atoms with van der Waals surface area (Å²) in [5, 5.41) is 23.8. The van der Waals surface area contributed by atoms with Crippen LogP contribution >= 0.6 is 0 Å². The summed E-state index contributed by atoms with van der Waals surface area (Å²) in [5.41, 5.74) is 0. The summed E-state index contributed by atoms with van der Waals surface area (Å²) in [7, 11) is 0. The van der Waals surface area contributed by atoms with Crippen LogP contribution in [-0.4, -0.2) is 5.90 Å². The zero-order valence-corrected chi connectivity index (χ0v) is 3.77. The fourth-order valence-electron chi connectivity index (χ4n) is 0.169. The third-order valence-electron chi connectivity index (χ3n) is 0.464. The van der Waals surface area contributed by atoms with Crippen molar-refractivity contribution in [3.63, 3.8) is 0 Å². The van der Waals surface area contributed by atoms with E-state index in [4.69, 9.17) is 10.7 Å². The number of nitrogens with zero attached hydrogens (tertiary/aromatic N) is 1. The summed E-state index contributed by atoms with van der Waals surface area (Å²) in [6.07, 6.45) is 0.235. The van der Waals surface area contributed by atoms with Gasteiger partial charge in [0, 0.05) is 6.42 Å². The molecule has 0 aliphatic carbocycles. The Hall–Kier alpha value is -1.04. The largest absolute Gasteiger partial charge is 0.862 e. The maximum absolute atomic E-state index is 9.72. The van der Waals surface area contributed by atoms with Gasteiger partial charge < -0.3 is 10.5 Å². The fraction of sp³-hybridized carbons (Fsp3) is 0.500. The number of hydrogen-bond donors (Lipinski definition) is 1. The number of nitriles is 1. The van der Waals surface area contributed by atoms with Gasteiger partial charge in [0.15, 0.2) is 0 Å². The molecule has 38 valence electrons. The molecular weight excluding hydrogens is 92.1 g/mol. The maximum atomic E-state index is 9.72. The Bertz CT molecular complexity index is 103. The van der Waals surface area contributed by atoms with E-state index < -0.39 is 5.90 Å². The zero-order chi connectivity index (χ0) is 5.70. The number of hydrogen-bond acceptors (Lipinski definition) is 3. The second-order valence-corrected chi connectivity index (χ2v) is 1.08. The van der Waals surface area contributed by atoms with Crippen LogP contribution in [0.1, 0.15) is 12.8 Å². The van der Waals surface area contributed by atoms with Gasteiger partial charge in [0.05, 0.1) is 6.07 Å². The molecule has 0 bridgehead atoms.